The SMILES string of the molecule is CCCCS[C@@]1(c2ccc(-c3ccccc3)cc2)C[C@@H](C(=O)OC)N(C(=O)OCc2ccccc2)C1. The van der Waals surface area contributed by atoms with Crippen LogP contribution in [0.1, 0.15) is 37.3 Å². The molecule has 0 unspecified atom stereocenters. The number of carbonyl (C=O) groups is 2. The van der Waals surface area contributed by atoms with Gasteiger partial charge in [0.25, 0.3) is 0 Å². The Hall–Kier alpha value is -3.25. The number of ether oxygens (including phenoxy) is 2. The minimum absolute atomic E-state index is 0.159. The zero-order valence-corrected chi connectivity index (χ0v) is 21.7. The van der Waals surface area contributed by atoms with Gasteiger partial charge in [-0.05, 0) is 40.8 Å². The van der Waals surface area contributed by atoms with Crippen molar-refractivity contribution in [3.63, 3.8) is 0 Å². The molecule has 1 heterocycles. The minimum atomic E-state index is -0.693. The number of thioether (sulfide) groups is 1. The Morgan fingerprint density at radius 3 is 2.22 bits per heavy atom. The van der Waals surface area contributed by atoms with E-state index in [1.807, 2.05) is 60.3 Å². The van der Waals surface area contributed by atoms with E-state index in [1.54, 1.807) is 4.90 Å². The number of hydrogen-bond acceptors (Lipinski definition) is 5. The van der Waals surface area contributed by atoms with Gasteiger partial charge in [0.15, 0.2) is 0 Å². The summed E-state index contributed by atoms with van der Waals surface area (Å²) in [6, 6.07) is 27.6. The first-order valence-corrected chi connectivity index (χ1v) is 13.4. The maximum absolute atomic E-state index is 13.2. The fourth-order valence-corrected chi connectivity index (χ4v) is 6.25. The second kappa shape index (κ2) is 12.1. The number of esters is 1. The number of likely N-dealkylation sites (tertiary alicyclic amines) is 1. The highest BCUT2D eigenvalue weighted by molar-refractivity contribution is 8.00. The van der Waals surface area contributed by atoms with Crippen LogP contribution in [0.3, 0.4) is 0 Å². The molecule has 1 aliphatic rings. The van der Waals surface area contributed by atoms with Crippen molar-refractivity contribution in [2.24, 2.45) is 0 Å². The van der Waals surface area contributed by atoms with Crippen molar-refractivity contribution in [2.45, 2.75) is 43.6 Å². The van der Waals surface area contributed by atoms with E-state index in [2.05, 4.69) is 43.3 Å². The van der Waals surface area contributed by atoms with Gasteiger partial charge in [-0.1, -0.05) is 98.3 Å². The molecular weight excluding hydrogens is 470 g/mol. The number of nitrogens with zero attached hydrogens (tertiary/aromatic N) is 1. The highest BCUT2D eigenvalue weighted by atomic mass is 32.2. The molecule has 1 saturated heterocycles. The van der Waals surface area contributed by atoms with E-state index in [-0.39, 0.29) is 6.61 Å². The van der Waals surface area contributed by atoms with Crippen LogP contribution in [-0.4, -0.2) is 42.4 Å². The summed E-state index contributed by atoms with van der Waals surface area (Å²) in [6.45, 7) is 2.71. The van der Waals surface area contributed by atoms with Crippen LogP contribution in [0, 0.1) is 0 Å². The Kier molecular flexibility index (Phi) is 8.70. The van der Waals surface area contributed by atoms with Crippen molar-refractivity contribution < 1.29 is 19.1 Å². The molecule has 2 atom stereocenters. The highest BCUT2D eigenvalue weighted by Crippen LogP contribution is 2.48. The third-order valence-corrected chi connectivity index (χ3v) is 8.21. The summed E-state index contributed by atoms with van der Waals surface area (Å²) in [5.74, 6) is 0.531. The van der Waals surface area contributed by atoms with Gasteiger partial charge < -0.3 is 9.47 Å². The van der Waals surface area contributed by atoms with E-state index in [0.717, 1.165) is 40.8 Å². The predicted octanol–water partition coefficient (Wildman–Crippen LogP) is 6.67. The molecule has 0 aromatic heterocycles. The molecule has 0 spiro atoms. The summed E-state index contributed by atoms with van der Waals surface area (Å²) in [7, 11) is 1.37. The molecular formula is C30H33NO4S. The standard InChI is InChI=1S/C30H33NO4S/c1-3-4-19-36-30(26-17-15-25(16-18-26)24-13-9-6-10-14-24)20-27(28(32)34-2)31(22-30)29(33)35-21-23-11-7-5-8-12-23/h5-18,27H,3-4,19-22H2,1-2H3/t27-,30-/m0/s1. The van der Waals surface area contributed by atoms with Gasteiger partial charge in [0.2, 0.25) is 0 Å². The Morgan fingerprint density at radius 1 is 0.944 bits per heavy atom. The molecule has 0 N–H and O–H groups in total. The van der Waals surface area contributed by atoms with Crippen LogP contribution < -0.4 is 0 Å². The summed E-state index contributed by atoms with van der Waals surface area (Å²) < 4.78 is 10.3. The first-order valence-electron chi connectivity index (χ1n) is 12.4. The van der Waals surface area contributed by atoms with Gasteiger partial charge in [0.1, 0.15) is 12.6 Å². The zero-order chi connectivity index (χ0) is 25.4. The van der Waals surface area contributed by atoms with E-state index in [4.69, 9.17) is 9.47 Å². The van der Waals surface area contributed by atoms with Crippen LogP contribution in [0.15, 0.2) is 84.9 Å². The van der Waals surface area contributed by atoms with Gasteiger partial charge in [0, 0.05) is 6.54 Å². The maximum Gasteiger partial charge on any atom is 0.410 e. The largest absolute Gasteiger partial charge is 0.467 e. The summed E-state index contributed by atoms with van der Waals surface area (Å²) in [5, 5.41) is 0. The lowest BCUT2D eigenvalue weighted by Crippen LogP contribution is -2.41. The number of rotatable bonds is 9. The van der Waals surface area contributed by atoms with Crippen molar-refractivity contribution >= 4 is 23.8 Å². The number of methoxy groups -OCH3 is 1. The third kappa shape index (κ3) is 5.93. The molecule has 5 nitrogen and oxygen atoms in total. The number of amides is 1. The van der Waals surface area contributed by atoms with Crippen molar-refractivity contribution in [1.29, 1.82) is 0 Å². The second-order valence-electron chi connectivity index (χ2n) is 9.05. The fraction of sp³-hybridized carbons (Fsp3) is 0.333. The Balaban J connectivity index is 1.61. The molecule has 1 aliphatic heterocycles. The van der Waals surface area contributed by atoms with Crippen LogP contribution in [0.25, 0.3) is 11.1 Å². The third-order valence-electron chi connectivity index (χ3n) is 6.63. The summed E-state index contributed by atoms with van der Waals surface area (Å²) in [4.78, 5) is 27.6. The molecule has 4 rings (SSSR count). The van der Waals surface area contributed by atoms with E-state index in [1.165, 1.54) is 7.11 Å². The summed E-state index contributed by atoms with van der Waals surface area (Å²) >= 11 is 1.82. The molecule has 3 aromatic rings. The number of benzene rings is 3. The predicted molar refractivity (Wildman–Crippen MR) is 145 cm³/mol. The summed E-state index contributed by atoms with van der Waals surface area (Å²) in [6.07, 6.45) is 2.14. The second-order valence-corrected chi connectivity index (χ2v) is 10.5. The van der Waals surface area contributed by atoms with Crippen LogP contribution >= 0.6 is 11.8 Å². The van der Waals surface area contributed by atoms with Crippen molar-refractivity contribution in [3.05, 3.63) is 96.1 Å². The Bertz CT molecular complexity index is 1140. The summed E-state index contributed by atoms with van der Waals surface area (Å²) in [5.41, 5.74) is 4.30. The van der Waals surface area contributed by atoms with E-state index >= 15 is 0 Å². The van der Waals surface area contributed by atoms with Gasteiger partial charge in [0.05, 0.1) is 11.9 Å². The first kappa shape index (κ1) is 25.8. The Morgan fingerprint density at radius 2 is 1.58 bits per heavy atom. The number of carbonyl (C=O) groups excluding carboxylic acids is 2. The molecule has 36 heavy (non-hydrogen) atoms. The number of hydrogen-bond donors (Lipinski definition) is 0. The van der Waals surface area contributed by atoms with Gasteiger partial charge in [-0.3, -0.25) is 4.90 Å². The lowest BCUT2D eigenvalue weighted by Gasteiger charge is -2.29. The highest BCUT2D eigenvalue weighted by Gasteiger charge is 2.51. The number of unbranched alkanes of at least 4 members (excludes halogenated alkanes) is 1. The lowest BCUT2D eigenvalue weighted by molar-refractivity contribution is -0.145. The average Bonchev–Trinajstić information content (AvgIpc) is 3.34. The average molecular weight is 504 g/mol. The van der Waals surface area contributed by atoms with Crippen molar-refractivity contribution in [2.75, 3.05) is 19.4 Å². The normalized spacial score (nSPS) is 19.2. The van der Waals surface area contributed by atoms with Crippen LogP contribution in [0.4, 0.5) is 4.79 Å². The van der Waals surface area contributed by atoms with Crippen molar-refractivity contribution in [3.8, 4) is 11.1 Å². The monoisotopic (exact) mass is 503 g/mol. The van der Waals surface area contributed by atoms with Crippen LogP contribution in [0.5, 0.6) is 0 Å². The molecule has 1 amide bonds. The first-order chi connectivity index (χ1) is 17.6. The fourth-order valence-electron chi connectivity index (χ4n) is 4.62. The molecule has 1 fully saturated rings. The van der Waals surface area contributed by atoms with Gasteiger partial charge in [-0.2, -0.15) is 0 Å². The van der Waals surface area contributed by atoms with E-state index in [0.29, 0.717) is 13.0 Å². The zero-order valence-electron chi connectivity index (χ0n) is 20.9. The smallest absolute Gasteiger partial charge is 0.410 e. The van der Waals surface area contributed by atoms with Gasteiger partial charge >= 0.3 is 12.1 Å². The minimum Gasteiger partial charge on any atom is -0.467 e. The Labute approximate surface area is 217 Å². The molecule has 0 radical (unpaired) electrons. The van der Waals surface area contributed by atoms with Crippen LogP contribution in [0.2, 0.25) is 0 Å². The molecule has 0 bridgehead atoms. The molecule has 0 aliphatic carbocycles. The topological polar surface area (TPSA) is 55.8 Å². The molecule has 3 aromatic carbocycles. The molecule has 188 valence electrons. The van der Waals surface area contributed by atoms with Crippen LogP contribution in [-0.2, 0) is 25.6 Å². The van der Waals surface area contributed by atoms with Gasteiger partial charge in [-0.25, -0.2) is 9.59 Å². The van der Waals surface area contributed by atoms with E-state index in [9.17, 15) is 9.59 Å². The van der Waals surface area contributed by atoms with E-state index < -0.39 is 22.9 Å². The quantitative estimate of drug-likeness (QED) is 0.241. The molecule has 0 saturated carbocycles. The van der Waals surface area contributed by atoms with Gasteiger partial charge in [-0.15, -0.1) is 11.8 Å². The molecule has 6 heteroatoms. The lowest BCUT2D eigenvalue weighted by atomic mass is 9.93. The van der Waals surface area contributed by atoms with Crippen molar-refractivity contribution in [1.82, 2.24) is 4.90 Å². The maximum atomic E-state index is 13.2.